The van der Waals surface area contributed by atoms with Gasteiger partial charge in [-0.3, -0.25) is 14.4 Å². The summed E-state index contributed by atoms with van der Waals surface area (Å²) < 4.78 is 29.8. The van der Waals surface area contributed by atoms with Crippen LogP contribution in [-0.4, -0.2) is 50.5 Å². The van der Waals surface area contributed by atoms with Crippen LogP contribution in [0.1, 0.15) is 22.0 Å². The second-order valence-electron chi connectivity index (χ2n) is 7.68. The first-order valence-corrected chi connectivity index (χ1v) is 10.8. The fourth-order valence-corrected chi connectivity index (χ4v) is 3.57. The Balaban J connectivity index is 1.73. The Morgan fingerprint density at radius 3 is 2.33 bits per heavy atom. The second-order valence-corrected chi connectivity index (χ2v) is 7.68. The van der Waals surface area contributed by atoms with Crippen LogP contribution in [0.4, 0.5) is 10.1 Å². The molecule has 0 spiro atoms. The van der Waals surface area contributed by atoms with E-state index in [1.165, 1.54) is 57.7 Å². The molecule has 3 rings (SSSR count). The molecular formula is C26H26FN3O6. The number of benzene rings is 3. The molecule has 0 saturated heterocycles. The maximum absolute atomic E-state index is 13.7. The number of para-hydroxylation sites is 2. The monoisotopic (exact) mass is 495 g/mol. The number of ether oxygens (including phenoxy) is 3. The second kappa shape index (κ2) is 11.7. The lowest BCUT2D eigenvalue weighted by atomic mass is 10.0. The number of rotatable bonds is 10. The summed E-state index contributed by atoms with van der Waals surface area (Å²) in [4.78, 5) is 38.7. The molecule has 3 N–H and O–H groups in total. The van der Waals surface area contributed by atoms with E-state index in [1.807, 2.05) is 0 Å². The third-order valence-electron chi connectivity index (χ3n) is 5.29. The number of halogens is 1. The van der Waals surface area contributed by atoms with Gasteiger partial charge in [0, 0.05) is 12.6 Å². The van der Waals surface area contributed by atoms with Crippen LogP contribution in [0.2, 0.25) is 0 Å². The lowest BCUT2D eigenvalue weighted by Gasteiger charge is -2.26. The van der Waals surface area contributed by atoms with Gasteiger partial charge in [0.2, 0.25) is 5.91 Å². The Hall–Kier alpha value is -4.60. The molecule has 3 aromatic carbocycles. The molecular weight excluding hydrogens is 469 g/mol. The summed E-state index contributed by atoms with van der Waals surface area (Å²) in [7, 11) is 4.27. The van der Waals surface area contributed by atoms with E-state index in [1.54, 1.807) is 24.3 Å². The SMILES string of the molecule is COc1ccccc1NC(=O)COc1ccc(C(=O)N(C)C(C(N)=O)c2cccc(F)c2)cc1OC. The Labute approximate surface area is 207 Å². The molecule has 0 aliphatic rings. The van der Waals surface area contributed by atoms with Crippen LogP contribution in [-0.2, 0) is 9.59 Å². The maximum Gasteiger partial charge on any atom is 0.262 e. The lowest BCUT2D eigenvalue weighted by Crippen LogP contribution is -2.39. The number of primary amides is 1. The minimum absolute atomic E-state index is 0.169. The van der Waals surface area contributed by atoms with E-state index < -0.39 is 29.6 Å². The van der Waals surface area contributed by atoms with Crippen molar-refractivity contribution in [2.24, 2.45) is 5.73 Å². The highest BCUT2D eigenvalue weighted by molar-refractivity contribution is 5.98. The van der Waals surface area contributed by atoms with E-state index in [2.05, 4.69) is 5.32 Å². The van der Waals surface area contributed by atoms with Crippen molar-refractivity contribution in [2.75, 3.05) is 33.2 Å². The zero-order chi connectivity index (χ0) is 26.2. The van der Waals surface area contributed by atoms with E-state index >= 15 is 0 Å². The number of amides is 3. The summed E-state index contributed by atoms with van der Waals surface area (Å²) in [6.07, 6.45) is 0. The number of methoxy groups -OCH3 is 2. The van der Waals surface area contributed by atoms with Gasteiger partial charge in [0.15, 0.2) is 18.1 Å². The summed E-state index contributed by atoms with van der Waals surface area (Å²) in [5.41, 5.74) is 6.42. The molecule has 1 atom stereocenters. The Morgan fingerprint density at radius 2 is 1.67 bits per heavy atom. The number of carbonyl (C=O) groups excluding carboxylic acids is 3. The fourth-order valence-electron chi connectivity index (χ4n) is 3.57. The van der Waals surface area contributed by atoms with Crippen molar-refractivity contribution in [1.29, 1.82) is 0 Å². The van der Waals surface area contributed by atoms with E-state index in [4.69, 9.17) is 19.9 Å². The van der Waals surface area contributed by atoms with Crippen molar-refractivity contribution in [3.05, 3.63) is 83.7 Å². The molecule has 36 heavy (non-hydrogen) atoms. The fraction of sp³-hybridized carbons (Fsp3) is 0.192. The topological polar surface area (TPSA) is 120 Å². The van der Waals surface area contributed by atoms with E-state index in [0.29, 0.717) is 11.4 Å². The van der Waals surface area contributed by atoms with Gasteiger partial charge < -0.3 is 30.2 Å². The van der Waals surface area contributed by atoms with Crippen molar-refractivity contribution >= 4 is 23.4 Å². The highest BCUT2D eigenvalue weighted by atomic mass is 19.1. The Morgan fingerprint density at radius 1 is 0.944 bits per heavy atom. The predicted octanol–water partition coefficient (Wildman–Crippen LogP) is 3.16. The smallest absolute Gasteiger partial charge is 0.262 e. The molecule has 188 valence electrons. The molecule has 0 aliphatic carbocycles. The van der Waals surface area contributed by atoms with E-state index in [0.717, 1.165) is 11.0 Å². The van der Waals surface area contributed by atoms with E-state index in [-0.39, 0.29) is 29.2 Å². The first-order valence-electron chi connectivity index (χ1n) is 10.8. The summed E-state index contributed by atoms with van der Waals surface area (Å²) in [5.74, 6) is -1.43. The summed E-state index contributed by atoms with van der Waals surface area (Å²) in [5, 5.41) is 2.70. The molecule has 3 aromatic rings. The number of nitrogens with two attached hydrogens (primary N) is 1. The largest absolute Gasteiger partial charge is 0.495 e. The highest BCUT2D eigenvalue weighted by Crippen LogP contribution is 2.30. The Bertz CT molecular complexity index is 1270. The molecule has 0 aromatic heterocycles. The minimum atomic E-state index is -1.19. The number of hydrogen-bond donors (Lipinski definition) is 2. The number of anilines is 1. The third-order valence-corrected chi connectivity index (χ3v) is 5.29. The van der Waals surface area contributed by atoms with Crippen LogP contribution < -0.4 is 25.3 Å². The molecule has 10 heteroatoms. The first-order chi connectivity index (χ1) is 17.2. The molecule has 0 bridgehead atoms. The van der Waals surface area contributed by atoms with Crippen LogP contribution in [0.25, 0.3) is 0 Å². The van der Waals surface area contributed by atoms with Crippen molar-refractivity contribution in [2.45, 2.75) is 6.04 Å². The van der Waals surface area contributed by atoms with Crippen LogP contribution in [0.5, 0.6) is 17.2 Å². The van der Waals surface area contributed by atoms with Crippen LogP contribution in [0.3, 0.4) is 0 Å². The highest BCUT2D eigenvalue weighted by Gasteiger charge is 2.28. The molecule has 0 radical (unpaired) electrons. The lowest BCUT2D eigenvalue weighted by molar-refractivity contribution is -0.122. The van der Waals surface area contributed by atoms with Gasteiger partial charge >= 0.3 is 0 Å². The van der Waals surface area contributed by atoms with Gasteiger partial charge in [-0.2, -0.15) is 0 Å². The average Bonchev–Trinajstić information content (AvgIpc) is 2.87. The number of likely N-dealkylation sites (N-methyl/N-ethyl adjacent to an activating group) is 1. The molecule has 0 saturated carbocycles. The van der Waals surface area contributed by atoms with Crippen LogP contribution >= 0.6 is 0 Å². The summed E-state index contributed by atoms with van der Waals surface area (Å²) >= 11 is 0. The van der Waals surface area contributed by atoms with Gasteiger partial charge in [0.05, 0.1) is 19.9 Å². The van der Waals surface area contributed by atoms with Gasteiger partial charge in [-0.1, -0.05) is 24.3 Å². The van der Waals surface area contributed by atoms with Crippen molar-refractivity contribution in [3.8, 4) is 17.2 Å². The van der Waals surface area contributed by atoms with Gasteiger partial charge in [0.25, 0.3) is 11.8 Å². The quantitative estimate of drug-likeness (QED) is 0.446. The van der Waals surface area contributed by atoms with Gasteiger partial charge in [-0.25, -0.2) is 4.39 Å². The van der Waals surface area contributed by atoms with Gasteiger partial charge in [0.1, 0.15) is 17.6 Å². The zero-order valence-corrected chi connectivity index (χ0v) is 20.0. The summed E-state index contributed by atoms with van der Waals surface area (Å²) in [6.45, 7) is -0.328. The van der Waals surface area contributed by atoms with Crippen LogP contribution in [0, 0.1) is 5.82 Å². The Kier molecular flexibility index (Phi) is 8.45. The number of hydrogen-bond acceptors (Lipinski definition) is 6. The van der Waals surface area contributed by atoms with Crippen LogP contribution in [0.15, 0.2) is 66.7 Å². The van der Waals surface area contributed by atoms with E-state index in [9.17, 15) is 18.8 Å². The third kappa shape index (κ3) is 6.09. The summed E-state index contributed by atoms with van der Waals surface area (Å²) in [6, 6.07) is 15.4. The number of nitrogens with zero attached hydrogens (tertiary/aromatic N) is 1. The number of carbonyl (C=O) groups is 3. The normalized spacial score (nSPS) is 11.2. The van der Waals surface area contributed by atoms with Crippen molar-refractivity contribution in [1.82, 2.24) is 4.90 Å². The molecule has 9 nitrogen and oxygen atoms in total. The molecule has 1 unspecified atom stereocenters. The average molecular weight is 496 g/mol. The van der Waals surface area contributed by atoms with Gasteiger partial charge in [-0.15, -0.1) is 0 Å². The maximum atomic E-state index is 13.7. The van der Waals surface area contributed by atoms with Crippen molar-refractivity contribution < 1.29 is 33.0 Å². The molecule has 0 aliphatic heterocycles. The predicted molar refractivity (Wildman–Crippen MR) is 131 cm³/mol. The van der Waals surface area contributed by atoms with Crippen molar-refractivity contribution in [3.63, 3.8) is 0 Å². The van der Waals surface area contributed by atoms with Gasteiger partial charge in [-0.05, 0) is 48.0 Å². The molecule has 0 fully saturated rings. The number of nitrogens with one attached hydrogen (secondary N) is 1. The minimum Gasteiger partial charge on any atom is -0.495 e. The molecule has 0 heterocycles. The zero-order valence-electron chi connectivity index (χ0n) is 20.0. The molecule has 3 amide bonds. The standard InChI is InChI=1S/C26H26FN3O6/c1-30(24(25(28)32)16-7-6-8-18(27)13-16)26(33)17-11-12-21(22(14-17)35-3)36-15-23(31)29-19-9-4-5-10-20(19)34-2/h4-14,24H,15H2,1-3H3,(H2,28,32)(H,29,31). The first kappa shape index (κ1) is 26.0.